The predicted octanol–water partition coefficient (Wildman–Crippen LogP) is 0.887. The molecule has 6 heteroatoms. The Kier molecular flexibility index (Phi) is 5.03. The van der Waals surface area contributed by atoms with Crippen molar-refractivity contribution in [1.29, 1.82) is 0 Å². The fourth-order valence-electron chi connectivity index (χ4n) is 2.68. The van der Waals surface area contributed by atoms with Crippen LogP contribution in [-0.2, 0) is 9.59 Å². The molecule has 22 heavy (non-hydrogen) atoms. The minimum atomic E-state index is -0.580. The first-order valence-corrected chi connectivity index (χ1v) is 7.30. The SMILES string of the molecule is COc1ccc(N2C[C@H](C(=O)N(C)C[C@H](C)O)CC2=O)cc1. The van der Waals surface area contributed by atoms with Gasteiger partial charge in [0, 0.05) is 32.2 Å². The van der Waals surface area contributed by atoms with Crippen LogP contribution in [0.1, 0.15) is 13.3 Å². The molecule has 0 spiro atoms. The maximum absolute atomic E-state index is 12.3. The van der Waals surface area contributed by atoms with Crippen LogP contribution in [0.2, 0.25) is 0 Å². The molecule has 1 heterocycles. The van der Waals surface area contributed by atoms with Crippen molar-refractivity contribution in [1.82, 2.24) is 4.90 Å². The summed E-state index contributed by atoms with van der Waals surface area (Å²) in [5.41, 5.74) is 0.763. The number of nitrogens with zero attached hydrogens (tertiary/aromatic N) is 2. The number of benzene rings is 1. The van der Waals surface area contributed by atoms with Crippen LogP contribution in [0.15, 0.2) is 24.3 Å². The topological polar surface area (TPSA) is 70.1 Å². The highest BCUT2D eigenvalue weighted by atomic mass is 16.5. The smallest absolute Gasteiger partial charge is 0.227 e. The number of ether oxygens (including phenoxy) is 1. The van der Waals surface area contributed by atoms with Gasteiger partial charge in [0.1, 0.15) is 5.75 Å². The van der Waals surface area contributed by atoms with E-state index in [-0.39, 0.29) is 30.7 Å². The molecule has 1 N–H and O–H groups in total. The molecule has 1 fully saturated rings. The zero-order valence-electron chi connectivity index (χ0n) is 13.2. The van der Waals surface area contributed by atoms with E-state index in [1.165, 1.54) is 4.90 Å². The molecule has 0 aliphatic carbocycles. The second-order valence-corrected chi connectivity index (χ2v) is 5.67. The Morgan fingerprint density at radius 2 is 2.09 bits per heavy atom. The summed E-state index contributed by atoms with van der Waals surface area (Å²) >= 11 is 0. The first-order valence-electron chi connectivity index (χ1n) is 7.30. The average molecular weight is 306 g/mol. The van der Waals surface area contributed by atoms with Crippen LogP contribution in [0.3, 0.4) is 0 Å². The number of methoxy groups -OCH3 is 1. The van der Waals surface area contributed by atoms with Crippen LogP contribution in [0, 0.1) is 5.92 Å². The molecule has 0 saturated carbocycles. The molecule has 0 radical (unpaired) electrons. The normalized spacial score (nSPS) is 19.2. The van der Waals surface area contributed by atoms with E-state index in [1.54, 1.807) is 38.1 Å². The second kappa shape index (κ2) is 6.79. The minimum absolute atomic E-state index is 0.0611. The standard InChI is InChI=1S/C16H22N2O4/c1-11(19)9-17(2)16(21)12-8-15(20)18(10-12)13-4-6-14(22-3)7-5-13/h4-7,11-12,19H,8-10H2,1-3H3/t11-,12+/m0/s1. The van der Waals surface area contributed by atoms with Gasteiger partial charge in [0.05, 0.1) is 19.1 Å². The third-order valence-corrected chi connectivity index (χ3v) is 3.77. The number of hydrogen-bond donors (Lipinski definition) is 1. The molecule has 1 aliphatic rings. The van der Waals surface area contributed by atoms with Crippen molar-refractivity contribution < 1.29 is 19.4 Å². The Bertz CT molecular complexity index is 542. The molecule has 2 amide bonds. The Balaban J connectivity index is 2.05. The lowest BCUT2D eigenvalue weighted by molar-refractivity contribution is -0.135. The Hall–Kier alpha value is -2.08. The molecule has 2 atom stereocenters. The van der Waals surface area contributed by atoms with Crippen molar-refractivity contribution >= 4 is 17.5 Å². The molecule has 1 aliphatic heterocycles. The van der Waals surface area contributed by atoms with Crippen LogP contribution in [-0.4, -0.2) is 55.2 Å². The number of likely N-dealkylation sites (N-methyl/N-ethyl adjacent to an activating group) is 1. The van der Waals surface area contributed by atoms with Gasteiger partial charge in [-0.1, -0.05) is 0 Å². The van der Waals surface area contributed by atoms with Crippen molar-refractivity contribution in [3.05, 3.63) is 24.3 Å². The number of amides is 2. The van der Waals surface area contributed by atoms with Crippen LogP contribution in [0.25, 0.3) is 0 Å². The van der Waals surface area contributed by atoms with Crippen LogP contribution >= 0.6 is 0 Å². The fraction of sp³-hybridized carbons (Fsp3) is 0.500. The van der Waals surface area contributed by atoms with Gasteiger partial charge in [0.15, 0.2) is 0 Å². The summed E-state index contributed by atoms with van der Waals surface area (Å²) in [6, 6.07) is 7.20. The van der Waals surface area contributed by atoms with E-state index in [2.05, 4.69) is 0 Å². The number of carbonyl (C=O) groups excluding carboxylic acids is 2. The quantitative estimate of drug-likeness (QED) is 0.877. The lowest BCUT2D eigenvalue weighted by atomic mass is 10.1. The number of carbonyl (C=O) groups is 2. The highest BCUT2D eigenvalue weighted by Crippen LogP contribution is 2.27. The first kappa shape index (κ1) is 16.3. The van der Waals surface area contributed by atoms with E-state index in [0.717, 1.165) is 11.4 Å². The molecule has 1 aromatic carbocycles. The largest absolute Gasteiger partial charge is 0.497 e. The van der Waals surface area contributed by atoms with Crippen LogP contribution in [0.4, 0.5) is 5.69 Å². The zero-order chi connectivity index (χ0) is 16.3. The lowest BCUT2D eigenvalue weighted by Crippen LogP contribution is -2.38. The van der Waals surface area contributed by atoms with Crippen molar-refractivity contribution in [2.45, 2.75) is 19.4 Å². The lowest BCUT2D eigenvalue weighted by Gasteiger charge is -2.22. The van der Waals surface area contributed by atoms with Gasteiger partial charge in [0.25, 0.3) is 0 Å². The molecule has 0 aromatic heterocycles. The maximum Gasteiger partial charge on any atom is 0.227 e. The van der Waals surface area contributed by atoms with Gasteiger partial charge in [0.2, 0.25) is 11.8 Å². The molecule has 120 valence electrons. The summed E-state index contributed by atoms with van der Waals surface area (Å²) in [6.45, 7) is 2.27. The molecule has 1 saturated heterocycles. The summed E-state index contributed by atoms with van der Waals surface area (Å²) in [5, 5.41) is 9.36. The second-order valence-electron chi connectivity index (χ2n) is 5.67. The molecule has 6 nitrogen and oxygen atoms in total. The van der Waals surface area contributed by atoms with Gasteiger partial charge in [-0.15, -0.1) is 0 Å². The first-order chi connectivity index (χ1) is 10.4. The molecule has 0 unspecified atom stereocenters. The summed E-state index contributed by atoms with van der Waals surface area (Å²) in [6.07, 6.45) is -0.376. The van der Waals surface area contributed by atoms with Crippen molar-refractivity contribution in [2.75, 3.05) is 32.1 Å². The summed E-state index contributed by atoms with van der Waals surface area (Å²) < 4.78 is 5.10. The van der Waals surface area contributed by atoms with Gasteiger partial charge >= 0.3 is 0 Å². The molecule has 2 rings (SSSR count). The minimum Gasteiger partial charge on any atom is -0.497 e. The van der Waals surface area contributed by atoms with Gasteiger partial charge in [-0.25, -0.2) is 0 Å². The van der Waals surface area contributed by atoms with E-state index in [0.29, 0.717) is 6.54 Å². The number of aliphatic hydroxyl groups is 1. The van der Waals surface area contributed by atoms with Crippen molar-refractivity contribution in [2.24, 2.45) is 5.92 Å². The summed E-state index contributed by atoms with van der Waals surface area (Å²) in [5.74, 6) is 0.192. The van der Waals surface area contributed by atoms with Crippen molar-refractivity contribution in [3.63, 3.8) is 0 Å². The third-order valence-electron chi connectivity index (χ3n) is 3.77. The Morgan fingerprint density at radius 1 is 1.45 bits per heavy atom. The predicted molar refractivity (Wildman–Crippen MR) is 82.8 cm³/mol. The molecule has 1 aromatic rings. The molecule has 0 bridgehead atoms. The van der Waals surface area contributed by atoms with Gasteiger partial charge in [-0.2, -0.15) is 0 Å². The average Bonchev–Trinajstić information content (AvgIpc) is 2.87. The number of rotatable bonds is 5. The number of anilines is 1. The maximum atomic E-state index is 12.3. The highest BCUT2D eigenvalue weighted by Gasteiger charge is 2.36. The highest BCUT2D eigenvalue weighted by molar-refractivity contribution is 6.00. The summed E-state index contributed by atoms with van der Waals surface area (Å²) in [4.78, 5) is 27.6. The van der Waals surface area contributed by atoms with Gasteiger partial charge in [-0.05, 0) is 31.2 Å². The number of hydrogen-bond acceptors (Lipinski definition) is 4. The van der Waals surface area contributed by atoms with Crippen LogP contribution in [0.5, 0.6) is 5.75 Å². The molecular weight excluding hydrogens is 284 g/mol. The Labute approximate surface area is 130 Å². The van der Waals surface area contributed by atoms with Crippen LogP contribution < -0.4 is 9.64 Å². The summed E-state index contributed by atoms with van der Waals surface area (Å²) in [7, 11) is 3.23. The van der Waals surface area contributed by atoms with Gasteiger partial charge < -0.3 is 19.6 Å². The van der Waals surface area contributed by atoms with Crippen molar-refractivity contribution in [3.8, 4) is 5.75 Å². The molecular formula is C16H22N2O4. The van der Waals surface area contributed by atoms with E-state index in [4.69, 9.17) is 4.74 Å². The zero-order valence-corrected chi connectivity index (χ0v) is 13.2. The fourth-order valence-corrected chi connectivity index (χ4v) is 2.68. The monoisotopic (exact) mass is 306 g/mol. The van der Waals surface area contributed by atoms with Gasteiger partial charge in [-0.3, -0.25) is 9.59 Å². The third kappa shape index (κ3) is 3.57. The van der Waals surface area contributed by atoms with E-state index < -0.39 is 6.10 Å². The van der Waals surface area contributed by atoms with E-state index >= 15 is 0 Å². The van der Waals surface area contributed by atoms with E-state index in [9.17, 15) is 14.7 Å². The van der Waals surface area contributed by atoms with E-state index in [1.807, 2.05) is 12.1 Å². The number of aliphatic hydroxyl groups excluding tert-OH is 1. The Morgan fingerprint density at radius 3 is 2.64 bits per heavy atom.